The van der Waals surface area contributed by atoms with Crippen LogP contribution in [0.2, 0.25) is 0 Å². The predicted molar refractivity (Wildman–Crippen MR) is 223 cm³/mol. The maximum absolute atomic E-state index is 12.6. The van der Waals surface area contributed by atoms with Crippen LogP contribution in [0.1, 0.15) is 142 Å². The molecule has 0 aromatic rings. The van der Waals surface area contributed by atoms with Gasteiger partial charge in [-0.05, 0) is 83.5 Å². The monoisotopic (exact) mass is 792 g/mol. The standard InChI is InChI=1S/C44H73O10P/c1-3-5-7-9-11-13-15-17-19-20-22-24-26-28-30-32-34-36-44(48)54-42(40-53-55(49,50)52-38-41(46)37-45)39-51-43(47)35-33-31-29-27-25-23-21-18-16-14-12-10-8-6-4-2/h6,8,11-14,17-19,21-22,24,28,30,41-42,45-46H,3-5,7,9-10,15-16,20,23,25-27,29,31-40H2,1-2H3,(H,49,50)/b8-6+,13-11+,14-12+,19-17+,21-18+,24-22+,30-28+/t41-,42+/m0/s1. The van der Waals surface area contributed by atoms with Gasteiger partial charge in [-0.15, -0.1) is 0 Å². The number of esters is 2. The summed E-state index contributed by atoms with van der Waals surface area (Å²) in [5, 5.41) is 18.3. The molecule has 0 amide bonds. The lowest BCUT2D eigenvalue weighted by Gasteiger charge is -2.20. The zero-order chi connectivity index (χ0) is 40.5. The Kier molecular flexibility index (Phi) is 37.3. The van der Waals surface area contributed by atoms with Crippen molar-refractivity contribution in [3.05, 3.63) is 85.1 Å². The van der Waals surface area contributed by atoms with Crippen molar-refractivity contribution in [2.45, 2.75) is 154 Å². The van der Waals surface area contributed by atoms with Gasteiger partial charge in [0.25, 0.3) is 0 Å². The molecule has 0 saturated heterocycles. The van der Waals surface area contributed by atoms with Gasteiger partial charge in [0.15, 0.2) is 6.10 Å². The highest BCUT2D eigenvalue weighted by Crippen LogP contribution is 2.43. The highest BCUT2D eigenvalue weighted by molar-refractivity contribution is 7.47. The van der Waals surface area contributed by atoms with Gasteiger partial charge in [0, 0.05) is 12.8 Å². The fraction of sp³-hybridized carbons (Fsp3) is 0.636. The number of aliphatic hydroxyl groups excluding tert-OH is 2. The number of hydrogen-bond donors (Lipinski definition) is 3. The Morgan fingerprint density at radius 1 is 0.564 bits per heavy atom. The number of carbonyl (C=O) groups excluding carboxylic acids is 2. The number of phosphoric acid groups is 1. The molecule has 0 aliphatic heterocycles. The number of hydrogen-bond acceptors (Lipinski definition) is 9. The van der Waals surface area contributed by atoms with Gasteiger partial charge in [-0.1, -0.05) is 131 Å². The first-order valence-corrected chi connectivity index (χ1v) is 22.0. The minimum atomic E-state index is -4.64. The average Bonchev–Trinajstić information content (AvgIpc) is 3.17. The van der Waals surface area contributed by atoms with Gasteiger partial charge in [0.1, 0.15) is 12.7 Å². The predicted octanol–water partition coefficient (Wildman–Crippen LogP) is 10.7. The Morgan fingerprint density at radius 3 is 1.56 bits per heavy atom. The number of unbranched alkanes of at least 4 members (excludes halogenated alkanes) is 9. The smallest absolute Gasteiger partial charge is 0.462 e. The summed E-state index contributed by atoms with van der Waals surface area (Å²) in [6.07, 6.45) is 45.5. The average molecular weight is 793 g/mol. The summed E-state index contributed by atoms with van der Waals surface area (Å²) in [6.45, 7) is 2.13. The van der Waals surface area contributed by atoms with E-state index in [9.17, 15) is 24.2 Å². The quantitative estimate of drug-likeness (QED) is 0.0240. The van der Waals surface area contributed by atoms with Crippen molar-refractivity contribution in [3.8, 4) is 0 Å². The molecule has 0 radical (unpaired) electrons. The van der Waals surface area contributed by atoms with Gasteiger partial charge in [-0.2, -0.15) is 0 Å². The van der Waals surface area contributed by atoms with Crippen LogP contribution in [0.3, 0.4) is 0 Å². The third-order valence-electron chi connectivity index (χ3n) is 8.03. The molecule has 0 heterocycles. The first kappa shape index (κ1) is 52.2. The van der Waals surface area contributed by atoms with Crippen LogP contribution in [0, 0.1) is 0 Å². The maximum Gasteiger partial charge on any atom is 0.472 e. The summed E-state index contributed by atoms with van der Waals surface area (Å²) in [6, 6.07) is 0. The second-order valence-electron chi connectivity index (χ2n) is 13.3. The Labute approximate surface area is 332 Å². The third kappa shape index (κ3) is 39.2. The first-order valence-electron chi connectivity index (χ1n) is 20.5. The van der Waals surface area contributed by atoms with Crippen molar-refractivity contribution in [2.24, 2.45) is 0 Å². The Morgan fingerprint density at radius 2 is 1.02 bits per heavy atom. The number of aliphatic hydroxyl groups is 2. The first-order chi connectivity index (χ1) is 26.7. The van der Waals surface area contributed by atoms with E-state index >= 15 is 0 Å². The molecule has 0 bridgehead atoms. The van der Waals surface area contributed by atoms with Gasteiger partial charge in [0.05, 0.1) is 19.8 Å². The second-order valence-corrected chi connectivity index (χ2v) is 14.7. The number of allylic oxidation sites excluding steroid dienone is 14. The highest BCUT2D eigenvalue weighted by atomic mass is 31.2. The topological polar surface area (TPSA) is 149 Å². The number of ether oxygens (including phenoxy) is 2. The molecule has 55 heavy (non-hydrogen) atoms. The van der Waals surface area contributed by atoms with E-state index in [0.717, 1.165) is 77.0 Å². The van der Waals surface area contributed by atoms with Gasteiger partial charge >= 0.3 is 19.8 Å². The van der Waals surface area contributed by atoms with Crippen LogP contribution in [0.25, 0.3) is 0 Å². The van der Waals surface area contributed by atoms with Crippen LogP contribution in [0.4, 0.5) is 0 Å². The van der Waals surface area contributed by atoms with Crippen LogP contribution in [0.15, 0.2) is 85.1 Å². The van der Waals surface area contributed by atoms with Crippen LogP contribution in [0.5, 0.6) is 0 Å². The molecule has 0 aromatic heterocycles. The molecule has 10 nitrogen and oxygen atoms in total. The van der Waals surface area contributed by atoms with Gasteiger partial charge in [-0.3, -0.25) is 18.6 Å². The van der Waals surface area contributed by atoms with E-state index in [2.05, 4.69) is 91.3 Å². The van der Waals surface area contributed by atoms with Gasteiger partial charge in [-0.25, -0.2) is 4.57 Å². The van der Waals surface area contributed by atoms with Crippen molar-refractivity contribution in [2.75, 3.05) is 26.4 Å². The zero-order valence-electron chi connectivity index (χ0n) is 33.9. The largest absolute Gasteiger partial charge is 0.472 e. The third-order valence-corrected chi connectivity index (χ3v) is 8.98. The van der Waals surface area contributed by atoms with E-state index in [-0.39, 0.29) is 19.4 Å². The van der Waals surface area contributed by atoms with Crippen LogP contribution < -0.4 is 0 Å². The van der Waals surface area contributed by atoms with Crippen molar-refractivity contribution in [1.29, 1.82) is 0 Å². The minimum absolute atomic E-state index is 0.0994. The molecule has 0 aliphatic rings. The second kappa shape index (κ2) is 39.4. The summed E-state index contributed by atoms with van der Waals surface area (Å²) < 4.78 is 32.6. The van der Waals surface area contributed by atoms with Crippen LogP contribution in [-0.2, 0) is 32.7 Å². The molecule has 0 rings (SSSR count). The lowest BCUT2D eigenvalue weighted by molar-refractivity contribution is -0.161. The SMILES string of the molecule is CC/C=C/C/C=C/C/C=C/CCCCCCCC(=O)OC[C@H](COP(=O)(O)OC[C@@H](O)CO)OC(=O)CCC/C=C/C/C=C/C/C=C/C/C=C/CCCCC. The fourth-order valence-corrected chi connectivity index (χ4v) is 5.67. The lowest BCUT2D eigenvalue weighted by Crippen LogP contribution is -2.29. The molecular formula is C44H73O10P. The maximum atomic E-state index is 12.6. The summed E-state index contributed by atoms with van der Waals surface area (Å²) in [4.78, 5) is 34.9. The molecule has 11 heteroatoms. The Balaban J connectivity index is 4.48. The van der Waals surface area contributed by atoms with Crippen molar-refractivity contribution >= 4 is 19.8 Å². The van der Waals surface area contributed by atoms with E-state index in [4.69, 9.17) is 19.1 Å². The van der Waals surface area contributed by atoms with Crippen LogP contribution >= 0.6 is 7.82 Å². The fourth-order valence-electron chi connectivity index (χ4n) is 4.88. The Bertz CT molecular complexity index is 1190. The van der Waals surface area contributed by atoms with E-state index in [1.165, 1.54) is 19.3 Å². The number of carbonyl (C=O) groups is 2. The molecule has 314 valence electrons. The molecule has 0 aliphatic carbocycles. The zero-order valence-corrected chi connectivity index (χ0v) is 34.7. The van der Waals surface area contributed by atoms with Crippen molar-refractivity contribution < 1.29 is 47.8 Å². The molecular weight excluding hydrogens is 719 g/mol. The molecule has 0 fully saturated rings. The van der Waals surface area contributed by atoms with E-state index in [1.807, 2.05) is 12.2 Å². The van der Waals surface area contributed by atoms with Gasteiger partial charge in [0.2, 0.25) is 0 Å². The number of rotatable bonds is 37. The van der Waals surface area contributed by atoms with E-state index < -0.39 is 51.8 Å². The minimum Gasteiger partial charge on any atom is -0.462 e. The molecule has 0 aromatic carbocycles. The summed E-state index contributed by atoms with van der Waals surface area (Å²) in [5.74, 6) is -1.02. The van der Waals surface area contributed by atoms with E-state index in [1.54, 1.807) is 0 Å². The number of phosphoric ester groups is 1. The molecule has 0 saturated carbocycles. The Hall–Kier alpha value is -2.85. The van der Waals surface area contributed by atoms with Crippen molar-refractivity contribution in [1.82, 2.24) is 0 Å². The van der Waals surface area contributed by atoms with Crippen molar-refractivity contribution in [3.63, 3.8) is 0 Å². The normalized spacial score (nSPS) is 14.8. The van der Waals surface area contributed by atoms with Gasteiger partial charge < -0.3 is 24.6 Å². The van der Waals surface area contributed by atoms with Crippen LogP contribution in [-0.4, -0.2) is 65.7 Å². The summed E-state index contributed by atoms with van der Waals surface area (Å²) in [7, 11) is -4.64. The lowest BCUT2D eigenvalue weighted by atomic mass is 10.1. The molecule has 3 N–H and O–H groups in total. The highest BCUT2D eigenvalue weighted by Gasteiger charge is 2.27. The van der Waals surface area contributed by atoms with E-state index in [0.29, 0.717) is 19.3 Å². The molecule has 3 atom stereocenters. The molecule has 1 unspecified atom stereocenters. The molecule has 0 spiro atoms. The summed E-state index contributed by atoms with van der Waals surface area (Å²) >= 11 is 0. The summed E-state index contributed by atoms with van der Waals surface area (Å²) in [5.41, 5.74) is 0.